The van der Waals surface area contributed by atoms with Crippen molar-refractivity contribution in [1.29, 1.82) is 0 Å². The van der Waals surface area contributed by atoms with E-state index in [1.54, 1.807) is 0 Å². The highest BCUT2D eigenvalue weighted by Crippen LogP contribution is 2.43. The normalized spacial score (nSPS) is 22.8. The molecule has 168 valence electrons. The molecule has 32 heavy (non-hydrogen) atoms. The summed E-state index contributed by atoms with van der Waals surface area (Å²) in [5, 5.41) is 0. The third kappa shape index (κ3) is 3.71. The summed E-state index contributed by atoms with van der Waals surface area (Å²) in [5.41, 5.74) is 6.02. The zero-order valence-electron chi connectivity index (χ0n) is 18.4. The molecule has 0 N–H and O–H groups in total. The van der Waals surface area contributed by atoms with Gasteiger partial charge in [0, 0.05) is 22.3 Å². The molecule has 6 rings (SSSR count). The van der Waals surface area contributed by atoms with Crippen LogP contribution in [-0.2, 0) is 18.9 Å². The molecule has 0 unspecified atom stereocenters. The fourth-order valence-electron chi connectivity index (χ4n) is 5.23. The van der Waals surface area contributed by atoms with Crippen LogP contribution < -0.4 is 0 Å². The van der Waals surface area contributed by atoms with Crippen LogP contribution in [0.15, 0.2) is 36.4 Å². The van der Waals surface area contributed by atoms with E-state index >= 15 is 0 Å². The van der Waals surface area contributed by atoms with Crippen molar-refractivity contribution in [3.63, 3.8) is 0 Å². The summed E-state index contributed by atoms with van der Waals surface area (Å²) >= 11 is 0. The monoisotopic (exact) mass is 434 g/mol. The largest absolute Gasteiger partial charge is 0.346 e. The van der Waals surface area contributed by atoms with E-state index in [1.807, 2.05) is 24.3 Å². The highest BCUT2D eigenvalue weighted by Gasteiger charge is 2.31. The molecule has 2 aliphatic heterocycles. The molecular formula is C27H30O5. The van der Waals surface area contributed by atoms with Crippen molar-refractivity contribution in [2.24, 2.45) is 0 Å². The van der Waals surface area contributed by atoms with Crippen molar-refractivity contribution in [2.75, 3.05) is 26.4 Å². The molecule has 4 fully saturated rings. The van der Waals surface area contributed by atoms with E-state index in [4.69, 9.17) is 18.9 Å². The molecule has 2 aromatic carbocycles. The molecule has 2 aliphatic carbocycles. The maximum atomic E-state index is 13.9. The lowest BCUT2D eigenvalue weighted by Gasteiger charge is -2.30. The number of ketones is 1. The van der Waals surface area contributed by atoms with Crippen LogP contribution in [0, 0.1) is 0 Å². The molecule has 2 heterocycles. The molecule has 4 aliphatic rings. The summed E-state index contributed by atoms with van der Waals surface area (Å²) in [7, 11) is 0. The minimum Gasteiger partial charge on any atom is -0.346 e. The van der Waals surface area contributed by atoms with Crippen molar-refractivity contribution >= 4 is 5.78 Å². The predicted molar refractivity (Wildman–Crippen MR) is 119 cm³/mol. The molecule has 0 bridgehead atoms. The molecule has 2 saturated heterocycles. The van der Waals surface area contributed by atoms with Gasteiger partial charge in [-0.2, -0.15) is 0 Å². The molecule has 2 aromatic rings. The first-order valence-corrected chi connectivity index (χ1v) is 12.1. The second-order valence-electron chi connectivity index (χ2n) is 9.43. The Kier molecular flexibility index (Phi) is 5.59. The van der Waals surface area contributed by atoms with E-state index in [9.17, 15) is 4.79 Å². The second kappa shape index (κ2) is 8.71. The van der Waals surface area contributed by atoms with Crippen molar-refractivity contribution in [3.05, 3.63) is 69.8 Å². The standard InChI is InChI=1S/C27H30O5/c28-25(21-9-7-19(26-29-11-12-30-26)15-23(21)17-3-1-4-17)22-10-8-20(27-31-13-14-32-27)16-24(22)18-5-2-6-18/h7-10,15-18,26-27H,1-6,11-14H2. The van der Waals surface area contributed by atoms with E-state index in [1.165, 1.54) is 12.8 Å². The van der Waals surface area contributed by atoms with Gasteiger partial charge in [0.25, 0.3) is 0 Å². The van der Waals surface area contributed by atoms with E-state index in [2.05, 4.69) is 12.1 Å². The molecule has 0 spiro atoms. The van der Waals surface area contributed by atoms with Gasteiger partial charge in [0.15, 0.2) is 18.4 Å². The smallest absolute Gasteiger partial charge is 0.193 e. The second-order valence-corrected chi connectivity index (χ2v) is 9.43. The van der Waals surface area contributed by atoms with Gasteiger partial charge in [0.2, 0.25) is 0 Å². The Hall–Kier alpha value is -2.05. The number of hydrogen-bond acceptors (Lipinski definition) is 5. The zero-order chi connectivity index (χ0) is 21.5. The Labute approximate surface area is 189 Å². The lowest BCUT2D eigenvalue weighted by molar-refractivity contribution is -0.0443. The van der Waals surface area contributed by atoms with Crippen LogP contribution in [0.5, 0.6) is 0 Å². The van der Waals surface area contributed by atoms with E-state index < -0.39 is 0 Å². The van der Waals surface area contributed by atoms with E-state index in [-0.39, 0.29) is 18.4 Å². The van der Waals surface area contributed by atoms with Gasteiger partial charge >= 0.3 is 0 Å². The summed E-state index contributed by atoms with van der Waals surface area (Å²) in [6.07, 6.45) is 6.39. The first-order chi connectivity index (χ1) is 15.8. The predicted octanol–water partition coefficient (Wildman–Crippen LogP) is 5.54. The first-order valence-electron chi connectivity index (χ1n) is 12.1. The maximum Gasteiger partial charge on any atom is 0.193 e. The fraction of sp³-hybridized carbons (Fsp3) is 0.519. The van der Waals surface area contributed by atoms with Crippen LogP contribution in [0.3, 0.4) is 0 Å². The van der Waals surface area contributed by atoms with E-state index in [0.29, 0.717) is 38.3 Å². The van der Waals surface area contributed by atoms with Crippen molar-refractivity contribution in [2.45, 2.75) is 62.9 Å². The molecule has 0 atom stereocenters. The van der Waals surface area contributed by atoms with E-state index in [0.717, 1.165) is 59.1 Å². The molecule has 5 nitrogen and oxygen atoms in total. The number of ether oxygens (including phenoxy) is 4. The maximum absolute atomic E-state index is 13.9. The highest BCUT2D eigenvalue weighted by atomic mass is 16.7. The number of hydrogen-bond donors (Lipinski definition) is 0. The van der Waals surface area contributed by atoms with Gasteiger partial charge in [-0.15, -0.1) is 0 Å². The van der Waals surface area contributed by atoms with Crippen LogP contribution in [-0.4, -0.2) is 32.2 Å². The average Bonchev–Trinajstić information content (AvgIpc) is 3.45. The lowest BCUT2D eigenvalue weighted by Crippen LogP contribution is -2.19. The number of rotatable bonds is 6. The Morgan fingerprint density at radius 3 is 1.38 bits per heavy atom. The van der Waals surface area contributed by atoms with Gasteiger partial charge < -0.3 is 18.9 Å². The molecular weight excluding hydrogens is 404 g/mol. The molecule has 0 aromatic heterocycles. The Balaban J connectivity index is 1.37. The third-order valence-electron chi connectivity index (χ3n) is 7.52. The van der Waals surface area contributed by atoms with Crippen molar-refractivity contribution in [3.8, 4) is 0 Å². The number of carbonyl (C=O) groups excluding carboxylic acids is 1. The van der Waals surface area contributed by atoms with Gasteiger partial charge in [-0.25, -0.2) is 0 Å². The number of carbonyl (C=O) groups is 1. The lowest BCUT2D eigenvalue weighted by atomic mass is 9.74. The van der Waals surface area contributed by atoms with Crippen LogP contribution in [0.25, 0.3) is 0 Å². The number of benzene rings is 2. The van der Waals surface area contributed by atoms with Crippen LogP contribution in [0.4, 0.5) is 0 Å². The van der Waals surface area contributed by atoms with Gasteiger partial charge in [-0.3, -0.25) is 4.79 Å². The molecule has 2 saturated carbocycles. The topological polar surface area (TPSA) is 54.0 Å². The first kappa shape index (κ1) is 20.5. The summed E-state index contributed by atoms with van der Waals surface area (Å²) in [5.74, 6) is 1.03. The zero-order valence-corrected chi connectivity index (χ0v) is 18.4. The van der Waals surface area contributed by atoms with Crippen LogP contribution in [0.2, 0.25) is 0 Å². The summed E-state index contributed by atoms with van der Waals surface area (Å²) in [6.45, 7) is 2.48. The summed E-state index contributed by atoms with van der Waals surface area (Å²) < 4.78 is 22.9. The fourth-order valence-corrected chi connectivity index (χ4v) is 5.23. The van der Waals surface area contributed by atoms with Crippen molar-refractivity contribution in [1.82, 2.24) is 0 Å². The Morgan fingerprint density at radius 1 is 0.625 bits per heavy atom. The quantitative estimate of drug-likeness (QED) is 0.559. The minimum absolute atomic E-state index is 0.133. The SMILES string of the molecule is O=C(c1ccc(C2OCCO2)cc1C1CCC1)c1ccc(C2OCCO2)cc1C1CCC1. The van der Waals surface area contributed by atoms with Gasteiger partial charge in [0.1, 0.15) is 0 Å². The van der Waals surface area contributed by atoms with Crippen LogP contribution >= 0.6 is 0 Å². The Bertz CT molecular complexity index is 916. The molecule has 0 radical (unpaired) electrons. The van der Waals surface area contributed by atoms with Crippen molar-refractivity contribution < 1.29 is 23.7 Å². The van der Waals surface area contributed by atoms with Crippen LogP contribution in [0.1, 0.15) is 101 Å². The van der Waals surface area contributed by atoms with Gasteiger partial charge in [0.05, 0.1) is 26.4 Å². The summed E-state index contributed by atoms with van der Waals surface area (Å²) in [4.78, 5) is 13.9. The van der Waals surface area contributed by atoms with Gasteiger partial charge in [-0.05, 0) is 60.8 Å². The third-order valence-corrected chi connectivity index (χ3v) is 7.52. The molecule has 0 amide bonds. The average molecular weight is 435 g/mol. The minimum atomic E-state index is -0.311. The molecule has 5 heteroatoms. The van der Waals surface area contributed by atoms with Gasteiger partial charge in [-0.1, -0.05) is 37.1 Å². The highest BCUT2D eigenvalue weighted by molar-refractivity contribution is 6.11. The Morgan fingerprint density at radius 2 is 1.03 bits per heavy atom. The summed E-state index contributed by atoms with van der Waals surface area (Å²) in [6, 6.07) is 12.3.